The highest BCUT2D eigenvalue weighted by Gasteiger charge is 2.31. The van der Waals surface area contributed by atoms with E-state index in [0.29, 0.717) is 5.92 Å². The van der Waals surface area contributed by atoms with Gasteiger partial charge in [-0.3, -0.25) is 4.98 Å². The predicted octanol–water partition coefficient (Wildman–Crippen LogP) is 2.44. The summed E-state index contributed by atoms with van der Waals surface area (Å²) in [5.41, 5.74) is 2.57. The molecule has 1 N–H and O–H groups in total. The average molecular weight is 277 g/mol. The Balaban J connectivity index is 2.14. The van der Waals surface area contributed by atoms with Crippen LogP contribution in [0.4, 0.5) is 5.69 Å². The smallest absolute Gasteiger partial charge is 0.0694 e. The molecule has 0 aromatic carbocycles. The van der Waals surface area contributed by atoms with Crippen molar-refractivity contribution in [3.8, 4) is 0 Å². The van der Waals surface area contributed by atoms with Crippen molar-refractivity contribution in [3.05, 3.63) is 24.0 Å². The van der Waals surface area contributed by atoms with E-state index in [4.69, 9.17) is 4.74 Å². The molecule has 0 radical (unpaired) electrons. The number of nitrogens with zero attached hydrogens (tertiary/aromatic N) is 2. The minimum atomic E-state index is 0.0219. The summed E-state index contributed by atoms with van der Waals surface area (Å²) in [5, 5.41) is 3.52. The summed E-state index contributed by atoms with van der Waals surface area (Å²) in [5.74, 6) is 0.667. The molecule has 0 saturated carbocycles. The number of hydrogen-bond acceptors (Lipinski definition) is 4. The number of morpholine rings is 1. The molecule has 0 spiro atoms. The Morgan fingerprint density at radius 2 is 2.25 bits per heavy atom. The van der Waals surface area contributed by atoms with Gasteiger partial charge < -0.3 is 15.0 Å². The largest absolute Gasteiger partial charge is 0.377 e. The lowest BCUT2D eigenvalue weighted by molar-refractivity contribution is 0.0642. The molecule has 2 heterocycles. The van der Waals surface area contributed by atoms with E-state index in [0.717, 1.165) is 32.8 Å². The Labute approximate surface area is 122 Å². The summed E-state index contributed by atoms with van der Waals surface area (Å²) in [6.07, 6.45) is 3.86. The molecule has 1 aromatic rings. The van der Waals surface area contributed by atoms with Crippen molar-refractivity contribution in [2.75, 3.05) is 31.2 Å². The van der Waals surface area contributed by atoms with E-state index in [2.05, 4.69) is 49.0 Å². The van der Waals surface area contributed by atoms with Gasteiger partial charge in [-0.15, -0.1) is 0 Å². The summed E-state index contributed by atoms with van der Waals surface area (Å²) in [6, 6.07) is 2.12. The standard InChI is InChI=1S/C16H27N3O/c1-13(2)9-18-10-14-5-6-17-11-15(14)19-7-8-20-12-16(19,3)4/h5-6,11,13,18H,7-10,12H2,1-4H3. The third-order valence-corrected chi connectivity index (χ3v) is 3.69. The van der Waals surface area contributed by atoms with Gasteiger partial charge in [0.05, 0.1) is 30.6 Å². The molecule has 1 aliphatic heterocycles. The van der Waals surface area contributed by atoms with Gasteiger partial charge in [0.1, 0.15) is 0 Å². The molecule has 0 amide bonds. The molecule has 0 unspecified atom stereocenters. The molecule has 0 aliphatic carbocycles. The second-order valence-electron chi connectivity index (χ2n) is 6.55. The van der Waals surface area contributed by atoms with Crippen LogP contribution >= 0.6 is 0 Å². The van der Waals surface area contributed by atoms with E-state index in [1.807, 2.05) is 12.4 Å². The summed E-state index contributed by atoms with van der Waals surface area (Å²) >= 11 is 0. The lowest BCUT2D eigenvalue weighted by Gasteiger charge is -2.44. The van der Waals surface area contributed by atoms with Crippen LogP contribution in [0.15, 0.2) is 18.5 Å². The third-order valence-electron chi connectivity index (χ3n) is 3.69. The Hall–Kier alpha value is -1.13. The fraction of sp³-hybridized carbons (Fsp3) is 0.688. The van der Waals surface area contributed by atoms with E-state index >= 15 is 0 Å². The molecule has 1 saturated heterocycles. The zero-order chi connectivity index (χ0) is 14.6. The molecule has 0 bridgehead atoms. The quantitative estimate of drug-likeness (QED) is 0.897. The maximum absolute atomic E-state index is 5.61. The van der Waals surface area contributed by atoms with Crippen LogP contribution in [0.3, 0.4) is 0 Å². The first kappa shape index (κ1) is 15.3. The predicted molar refractivity (Wildman–Crippen MR) is 83.0 cm³/mol. The Morgan fingerprint density at radius 1 is 1.45 bits per heavy atom. The first-order chi connectivity index (χ1) is 9.50. The van der Waals surface area contributed by atoms with Gasteiger partial charge in [-0.2, -0.15) is 0 Å². The number of anilines is 1. The Bertz CT molecular complexity index is 431. The Morgan fingerprint density at radius 3 is 2.95 bits per heavy atom. The van der Waals surface area contributed by atoms with Crippen LogP contribution in [-0.2, 0) is 11.3 Å². The normalized spacial score (nSPS) is 18.6. The topological polar surface area (TPSA) is 37.4 Å². The fourth-order valence-electron chi connectivity index (χ4n) is 2.61. The van der Waals surface area contributed by atoms with E-state index in [1.165, 1.54) is 11.3 Å². The minimum absolute atomic E-state index is 0.0219. The van der Waals surface area contributed by atoms with Crippen LogP contribution in [0.2, 0.25) is 0 Å². The minimum Gasteiger partial charge on any atom is -0.377 e. The van der Waals surface area contributed by atoms with Crippen molar-refractivity contribution in [2.45, 2.75) is 39.8 Å². The van der Waals surface area contributed by atoms with Crippen LogP contribution < -0.4 is 10.2 Å². The van der Waals surface area contributed by atoms with Crippen molar-refractivity contribution in [1.82, 2.24) is 10.3 Å². The summed E-state index contributed by atoms with van der Waals surface area (Å²) in [7, 11) is 0. The first-order valence-corrected chi connectivity index (χ1v) is 7.50. The lowest BCUT2D eigenvalue weighted by Crippen LogP contribution is -2.53. The van der Waals surface area contributed by atoms with Gasteiger partial charge in [0.25, 0.3) is 0 Å². The SMILES string of the molecule is CC(C)CNCc1ccncc1N1CCOCC1(C)C. The van der Waals surface area contributed by atoms with Gasteiger partial charge in [-0.1, -0.05) is 13.8 Å². The zero-order valence-corrected chi connectivity index (χ0v) is 13.1. The lowest BCUT2D eigenvalue weighted by atomic mass is 10.0. The molecule has 2 rings (SSSR count). The molecular weight excluding hydrogens is 250 g/mol. The van der Waals surface area contributed by atoms with Gasteiger partial charge >= 0.3 is 0 Å². The first-order valence-electron chi connectivity index (χ1n) is 7.50. The number of rotatable bonds is 5. The van der Waals surface area contributed by atoms with Crippen molar-refractivity contribution < 1.29 is 4.74 Å². The number of ether oxygens (including phenoxy) is 1. The van der Waals surface area contributed by atoms with Crippen molar-refractivity contribution in [1.29, 1.82) is 0 Å². The monoisotopic (exact) mass is 277 g/mol. The molecule has 112 valence electrons. The molecule has 4 heteroatoms. The van der Waals surface area contributed by atoms with Gasteiger partial charge in [0.15, 0.2) is 0 Å². The summed E-state index contributed by atoms with van der Waals surface area (Å²) in [6.45, 7) is 13.3. The van der Waals surface area contributed by atoms with Crippen LogP contribution in [0.25, 0.3) is 0 Å². The maximum atomic E-state index is 5.61. The van der Waals surface area contributed by atoms with Crippen LogP contribution in [0, 0.1) is 5.92 Å². The van der Waals surface area contributed by atoms with Gasteiger partial charge in [0, 0.05) is 19.3 Å². The summed E-state index contributed by atoms with van der Waals surface area (Å²) in [4.78, 5) is 6.75. The van der Waals surface area contributed by atoms with Gasteiger partial charge in [-0.25, -0.2) is 0 Å². The molecule has 0 atom stereocenters. The summed E-state index contributed by atoms with van der Waals surface area (Å²) < 4.78 is 5.61. The van der Waals surface area contributed by atoms with Crippen LogP contribution in [0.1, 0.15) is 33.3 Å². The number of nitrogens with one attached hydrogen (secondary N) is 1. The van der Waals surface area contributed by atoms with Crippen molar-refractivity contribution in [2.24, 2.45) is 5.92 Å². The highest BCUT2D eigenvalue weighted by molar-refractivity contribution is 5.54. The number of hydrogen-bond donors (Lipinski definition) is 1. The molecule has 4 nitrogen and oxygen atoms in total. The Kier molecular flexibility index (Phi) is 5.00. The zero-order valence-electron chi connectivity index (χ0n) is 13.1. The van der Waals surface area contributed by atoms with E-state index < -0.39 is 0 Å². The molecule has 1 aliphatic rings. The second kappa shape index (κ2) is 6.55. The van der Waals surface area contributed by atoms with Gasteiger partial charge in [-0.05, 0) is 37.9 Å². The molecule has 20 heavy (non-hydrogen) atoms. The van der Waals surface area contributed by atoms with Crippen LogP contribution in [0.5, 0.6) is 0 Å². The van der Waals surface area contributed by atoms with Crippen molar-refractivity contribution >= 4 is 5.69 Å². The molecular formula is C16H27N3O. The maximum Gasteiger partial charge on any atom is 0.0694 e. The highest BCUT2D eigenvalue weighted by Crippen LogP contribution is 2.29. The van der Waals surface area contributed by atoms with E-state index in [-0.39, 0.29) is 5.54 Å². The van der Waals surface area contributed by atoms with Crippen molar-refractivity contribution in [3.63, 3.8) is 0 Å². The van der Waals surface area contributed by atoms with Crippen LogP contribution in [-0.4, -0.2) is 36.8 Å². The fourth-order valence-corrected chi connectivity index (χ4v) is 2.61. The number of aromatic nitrogens is 1. The molecule has 1 aromatic heterocycles. The average Bonchev–Trinajstić information content (AvgIpc) is 2.39. The third kappa shape index (κ3) is 3.70. The number of pyridine rings is 1. The van der Waals surface area contributed by atoms with E-state index in [9.17, 15) is 0 Å². The molecule has 1 fully saturated rings. The van der Waals surface area contributed by atoms with Gasteiger partial charge in [0.2, 0.25) is 0 Å². The van der Waals surface area contributed by atoms with E-state index in [1.54, 1.807) is 0 Å². The second-order valence-corrected chi connectivity index (χ2v) is 6.55. The highest BCUT2D eigenvalue weighted by atomic mass is 16.5.